The van der Waals surface area contributed by atoms with Crippen LogP contribution in [0.15, 0.2) is 29.4 Å². The van der Waals surface area contributed by atoms with E-state index in [0.717, 1.165) is 11.3 Å². The van der Waals surface area contributed by atoms with E-state index in [0.29, 0.717) is 32.3 Å². The first kappa shape index (κ1) is 16.3. The lowest BCUT2D eigenvalue weighted by molar-refractivity contribution is -0.0684. The zero-order valence-electron chi connectivity index (χ0n) is 13.5. The molecular weight excluding hydrogens is 294 g/mol. The average molecular weight is 319 g/mol. The van der Waals surface area contributed by atoms with Gasteiger partial charge in [-0.15, -0.1) is 0 Å². The molecule has 0 spiro atoms. The van der Waals surface area contributed by atoms with Crippen molar-refractivity contribution in [1.29, 1.82) is 0 Å². The van der Waals surface area contributed by atoms with Crippen molar-refractivity contribution in [2.45, 2.75) is 38.4 Å². The minimum Gasteiger partial charge on any atom is -0.488 e. The predicted octanol–water partition coefficient (Wildman–Crippen LogP) is 3.37. The standard InChI is InChI=1S/C18H25NO4/c1-2-6-15(7-3-1)13-23-19-12-16-8-4-5-9-17(16)22-14-18-20-10-11-21-18/h4-5,8-9,12,15,18H,1-3,6-7,10-11,13-14H2. The molecule has 23 heavy (non-hydrogen) atoms. The highest BCUT2D eigenvalue weighted by atomic mass is 16.7. The number of hydrogen-bond acceptors (Lipinski definition) is 5. The highest BCUT2D eigenvalue weighted by Crippen LogP contribution is 2.23. The SMILES string of the molecule is C(=NOCC1CCCCC1)c1ccccc1OCC1OCCO1. The van der Waals surface area contributed by atoms with Gasteiger partial charge in [0.25, 0.3) is 0 Å². The molecule has 0 unspecified atom stereocenters. The van der Waals surface area contributed by atoms with Crippen LogP contribution in [0.1, 0.15) is 37.7 Å². The Kier molecular flexibility index (Phi) is 6.29. The van der Waals surface area contributed by atoms with Crippen molar-refractivity contribution in [3.8, 4) is 5.75 Å². The van der Waals surface area contributed by atoms with Gasteiger partial charge in [0.05, 0.1) is 19.4 Å². The van der Waals surface area contributed by atoms with Crippen molar-refractivity contribution in [2.75, 3.05) is 26.4 Å². The Morgan fingerprint density at radius 3 is 2.65 bits per heavy atom. The lowest BCUT2D eigenvalue weighted by Gasteiger charge is -2.19. The van der Waals surface area contributed by atoms with Gasteiger partial charge in [-0.05, 0) is 30.9 Å². The molecule has 2 fully saturated rings. The first-order valence-corrected chi connectivity index (χ1v) is 8.52. The largest absolute Gasteiger partial charge is 0.488 e. The van der Waals surface area contributed by atoms with Gasteiger partial charge in [0.1, 0.15) is 19.0 Å². The highest BCUT2D eigenvalue weighted by molar-refractivity contribution is 5.83. The molecule has 1 saturated carbocycles. The monoisotopic (exact) mass is 319 g/mol. The second-order valence-electron chi connectivity index (χ2n) is 6.05. The molecule has 0 radical (unpaired) electrons. The molecule has 1 heterocycles. The van der Waals surface area contributed by atoms with Crippen molar-refractivity contribution in [2.24, 2.45) is 11.1 Å². The number of benzene rings is 1. The summed E-state index contributed by atoms with van der Waals surface area (Å²) in [6.07, 6.45) is 7.96. The molecule has 0 N–H and O–H groups in total. The van der Waals surface area contributed by atoms with E-state index < -0.39 is 0 Å². The third-order valence-electron chi connectivity index (χ3n) is 4.29. The molecular formula is C18H25NO4. The molecule has 5 heteroatoms. The van der Waals surface area contributed by atoms with Gasteiger partial charge < -0.3 is 19.0 Å². The number of hydrogen-bond donors (Lipinski definition) is 0. The topological polar surface area (TPSA) is 49.3 Å². The van der Waals surface area contributed by atoms with E-state index in [2.05, 4.69) is 5.16 Å². The number of para-hydroxylation sites is 1. The Balaban J connectivity index is 1.47. The smallest absolute Gasteiger partial charge is 0.191 e. The van der Waals surface area contributed by atoms with Gasteiger partial charge in [0.2, 0.25) is 0 Å². The molecule has 2 aliphatic rings. The molecule has 1 aromatic carbocycles. The van der Waals surface area contributed by atoms with Crippen molar-refractivity contribution in [1.82, 2.24) is 0 Å². The van der Waals surface area contributed by atoms with E-state index >= 15 is 0 Å². The highest BCUT2D eigenvalue weighted by Gasteiger charge is 2.17. The number of ether oxygens (including phenoxy) is 3. The fraction of sp³-hybridized carbons (Fsp3) is 0.611. The molecule has 126 valence electrons. The maximum Gasteiger partial charge on any atom is 0.191 e. The van der Waals surface area contributed by atoms with E-state index in [4.69, 9.17) is 19.0 Å². The summed E-state index contributed by atoms with van der Waals surface area (Å²) in [4.78, 5) is 5.47. The average Bonchev–Trinajstić information content (AvgIpc) is 3.12. The number of rotatable bonds is 7. The minimum atomic E-state index is -0.275. The van der Waals surface area contributed by atoms with Crippen LogP contribution in [-0.4, -0.2) is 38.9 Å². The van der Waals surface area contributed by atoms with E-state index in [-0.39, 0.29) is 6.29 Å². The third-order valence-corrected chi connectivity index (χ3v) is 4.29. The molecule has 1 aromatic rings. The van der Waals surface area contributed by atoms with Gasteiger partial charge in [-0.25, -0.2) is 0 Å². The molecule has 1 aliphatic heterocycles. The summed E-state index contributed by atoms with van der Waals surface area (Å²) in [7, 11) is 0. The summed E-state index contributed by atoms with van der Waals surface area (Å²) in [5.74, 6) is 1.42. The Morgan fingerprint density at radius 1 is 1.04 bits per heavy atom. The maximum atomic E-state index is 5.77. The summed E-state index contributed by atoms with van der Waals surface area (Å²) < 4.78 is 16.5. The van der Waals surface area contributed by atoms with Crippen LogP contribution < -0.4 is 4.74 Å². The van der Waals surface area contributed by atoms with Crippen molar-refractivity contribution in [3.05, 3.63) is 29.8 Å². The van der Waals surface area contributed by atoms with Crippen LogP contribution >= 0.6 is 0 Å². The first-order valence-electron chi connectivity index (χ1n) is 8.52. The van der Waals surface area contributed by atoms with Gasteiger partial charge in [-0.1, -0.05) is 36.6 Å². The molecule has 0 atom stereocenters. The first-order chi connectivity index (χ1) is 11.4. The van der Waals surface area contributed by atoms with E-state index in [1.54, 1.807) is 6.21 Å². The quantitative estimate of drug-likeness (QED) is 0.571. The molecule has 1 aliphatic carbocycles. The Labute approximate surface area is 137 Å². The normalized spacial score (nSPS) is 20.2. The fourth-order valence-corrected chi connectivity index (χ4v) is 2.98. The van der Waals surface area contributed by atoms with Gasteiger partial charge in [0.15, 0.2) is 6.29 Å². The summed E-state index contributed by atoms with van der Waals surface area (Å²) in [6, 6.07) is 7.76. The van der Waals surface area contributed by atoms with Crippen LogP contribution in [-0.2, 0) is 14.3 Å². The second kappa shape index (κ2) is 8.89. The lowest BCUT2D eigenvalue weighted by atomic mass is 9.90. The van der Waals surface area contributed by atoms with Crippen LogP contribution in [0.25, 0.3) is 0 Å². The molecule has 1 saturated heterocycles. The minimum absolute atomic E-state index is 0.275. The van der Waals surface area contributed by atoms with Gasteiger partial charge in [-0.3, -0.25) is 0 Å². The zero-order valence-corrected chi connectivity index (χ0v) is 13.5. The Bertz CT molecular complexity index is 494. The van der Waals surface area contributed by atoms with Crippen molar-refractivity contribution >= 4 is 6.21 Å². The molecule has 0 amide bonds. The van der Waals surface area contributed by atoms with Crippen LogP contribution in [0, 0.1) is 5.92 Å². The third kappa shape index (κ3) is 5.22. The van der Waals surface area contributed by atoms with Crippen LogP contribution in [0.4, 0.5) is 0 Å². The zero-order chi connectivity index (χ0) is 15.7. The van der Waals surface area contributed by atoms with Crippen molar-refractivity contribution < 1.29 is 19.0 Å². The van der Waals surface area contributed by atoms with E-state index in [9.17, 15) is 0 Å². The summed E-state index contributed by atoms with van der Waals surface area (Å²) in [5.41, 5.74) is 0.897. The van der Waals surface area contributed by atoms with Crippen LogP contribution in [0.5, 0.6) is 5.75 Å². The van der Waals surface area contributed by atoms with Gasteiger partial charge >= 0.3 is 0 Å². The molecule has 0 bridgehead atoms. The predicted molar refractivity (Wildman–Crippen MR) is 87.8 cm³/mol. The Morgan fingerprint density at radius 2 is 1.83 bits per heavy atom. The van der Waals surface area contributed by atoms with E-state index in [1.807, 2.05) is 24.3 Å². The lowest BCUT2D eigenvalue weighted by Crippen LogP contribution is -2.18. The van der Waals surface area contributed by atoms with E-state index in [1.165, 1.54) is 32.1 Å². The van der Waals surface area contributed by atoms with Crippen LogP contribution in [0.2, 0.25) is 0 Å². The molecule has 0 aromatic heterocycles. The Hall–Kier alpha value is -1.59. The molecule has 3 rings (SSSR count). The van der Waals surface area contributed by atoms with Crippen molar-refractivity contribution in [3.63, 3.8) is 0 Å². The summed E-state index contributed by atoms with van der Waals surface area (Å²) in [5, 5.41) is 4.11. The van der Waals surface area contributed by atoms with Crippen LogP contribution in [0.3, 0.4) is 0 Å². The second-order valence-corrected chi connectivity index (χ2v) is 6.05. The van der Waals surface area contributed by atoms with Gasteiger partial charge in [0, 0.05) is 5.56 Å². The summed E-state index contributed by atoms with van der Waals surface area (Å²) in [6.45, 7) is 2.36. The fourth-order valence-electron chi connectivity index (χ4n) is 2.98. The van der Waals surface area contributed by atoms with Gasteiger partial charge in [-0.2, -0.15) is 0 Å². The number of nitrogens with zero attached hydrogens (tertiary/aromatic N) is 1. The number of oxime groups is 1. The molecule has 5 nitrogen and oxygen atoms in total. The maximum absolute atomic E-state index is 5.77. The summed E-state index contributed by atoms with van der Waals surface area (Å²) >= 11 is 0.